The van der Waals surface area contributed by atoms with Crippen molar-refractivity contribution in [3.05, 3.63) is 16.5 Å². The quantitative estimate of drug-likeness (QED) is 0.780. The fourth-order valence-corrected chi connectivity index (χ4v) is 2.48. The van der Waals surface area contributed by atoms with Crippen molar-refractivity contribution < 1.29 is 4.79 Å². The van der Waals surface area contributed by atoms with E-state index >= 15 is 0 Å². The second-order valence-electron chi connectivity index (χ2n) is 5.05. The van der Waals surface area contributed by atoms with E-state index in [0.717, 1.165) is 42.4 Å². The zero-order valence-electron chi connectivity index (χ0n) is 11.6. The number of carbonyl (C=O) groups is 1. The van der Waals surface area contributed by atoms with E-state index in [9.17, 15) is 4.79 Å². The molecule has 0 saturated carbocycles. The van der Waals surface area contributed by atoms with Crippen LogP contribution in [0.15, 0.2) is 10.7 Å². The van der Waals surface area contributed by atoms with Gasteiger partial charge in [-0.1, -0.05) is 13.8 Å². The van der Waals surface area contributed by atoms with Crippen LogP contribution in [0.3, 0.4) is 0 Å². The highest BCUT2D eigenvalue weighted by molar-refractivity contribution is 9.10. The van der Waals surface area contributed by atoms with Crippen molar-refractivity contribution in [3.63, 3.8) is 0 Å². The first kappa shape index (κ1) is 14.2. The maximum atomic E-state index is 11.3. The van der Waals surface area contributed by atoms with Gasteiger partial charge in [0.25, 0.3) is 0 Å². The van der Waals surface area contributed by atoms with Gasteiger partial charge in [-0.3, -0.25) is 4.79 Å². The van der Waals surface area contributed by atoms with Crippen molar-refractivity contribution >= 4 is 27.7 Å². The predicted octanol–water partition coefficient (Wildman–Crippen LogP) is 2.03. The summed E-state index contributed by atoms with van der Waals surface area (Å²) in [4.78, 5) is 24.4. The summed E-state index contributed by atoms with van der Waals surface area (Å²) in [5.74, 6) is 2.23. The molecule has 0 radical (unpaired) electrons. The fraction of sp³-hybridized carbons (Fsp3) is 0.615. The van der Waals surface area contributed by atoms with Gasteiger partial charge < -0.3 is 9.80 Å². The van der Waals surface area contributed by atoms with Crippen LogP contribution < -0.4 is 4.90 Å². The first-order valence-corrected chi connectivity index (χ1v) is 7.31. The van der Waals surface area contributed by atoms with Crippen molar-refractivity contribution in [2.75, 3.05) is 31.1 Å². The minimum atomic E-state index is 0.145. The summed E-state index contributed by atoms with van der Waals surface area (Å²) in [6, 6.07) is 1.94. The number of aromatic nitrogens is 2. The smallest absolute Gasteiger partial charge is 0.219 e. The zero-order chi connectivity index (χ0) is 14.0. The maximum Gasteiger partial charge on any atom is 0.219 e. The molecule has 6 heteroatoms. The van der Waals surface area contributed by atoms with Crippen molar-refractivity contribution in [2.45, 2.75) is 26.7 Å². The SMILES string of the molecule is CC(=O)N1CCN(c2cc(Br)nc(C(C)C)n2)CC1. The van der Waals surface area contributed by atoms with Gasteiger partial charge in [0.1, 0.15) is 16.2 Å². The molecule has 0 bridgehead atoms. The standard InChI is InChI=1S/C13H19BrN4O/c1-9(2)13-15-11(14)8-12(16-13)18-6-4-17(5-7-18)10(3)19/h8-9H,4-7H2,1-3H3. The predicted molar refractivity (Wildman–Crippen MR) is 78.3 cm³/mol. The average Bonchev–Trinajstić information content (AvgIpc) is 2.38. The third-order valence-corrected chi connectivity index (χ3v) is 3.67. The van der Waals surface area contributed by atoms with Crippen LogP contribution in [0.4, 0.5) is 5.82 Å². The lowest BCUT2D eigenvalue weighted by atomic mass is 10.2. The minimum Gasteiger partial charge on any atom is -0.353 e. The molecule has 1 saturated heterocycles. The van der Waals surface area contributed by atoms with Gasteiger partial charge in [-0.25, -0.2) is 9.97 Å². The van der Waals surface area contributed by atoms with Gasteiger partial charge in [-0.05, 0) is 15.9 Å². The minimum absolute atomic E-state index is 0.145. The van der Waals surface area contributed by atoms with Gasteiger partial charge >= 0.3 is 0 Å². The molecule has 19 heavy (non-hydrogen) atoms. The van der Waals surface area contributed by atoms with E-state index in [0.29, 0.717) is 5.92 Å². The Morgan fingerprint density at radius 3 is 2.42 bits per heavy atom. The summed E-state index contributed by atoms with van der Waals surface area (Å²) in [5.41, 5.74) is 0. The molecule has 1 aromatic rings. The first-order chi connectivity index (χ1) is 8.97. The van der Waals surface area contributed by atoms with Crippen LogP contribution >= 0.6 is 15.9 Å². The molecule has 2 rings (SSSR count). The monoisotopic (exact) mass is 326 g/mol. The summed E-state index contributed by atoms with van der Waals surface area (Å²) in [6.07, 6.45) is 0. The lowest BCUT2D eigenvalue weighted by Crippen LogP contribution is -2.48. The van der Waals surface area contributed by atoms with Crippen molar-refractivity contribution in [1.29, 1.82) is 0 Å². The Morgan fingerprint density at radius 1 is 1.26 bits per heavy atom. The number of anilines is 1. The third kappa shape index (κ3) is 3.43. The number of amides is 1. The molecular weight excluding hydrogens is 308 g/mol. The number of carbonyl (C=O) groups excluding carboxylic acids is 1. The average molecular weight is 327 g/mol. The Hall–Kier alpha value is -1.17. The van der Waals surface area contributed by atoms with E-state index in [4.69, 9.17) is 0 Å². The Kier molecular flexibility index (Phi) is 4.39. The Balaban J connectivity index is 2.13. The largest absolute Gasteiger partial charge is 0.353 e. The van der Waals surface area contributed by atoms with Gasteiger partial charge in [-0.2, -0.15) is 0 Å². The zero-order valence-corrected chi connectivity index (χ0v) is 13.1. The molecular formula is C13H19BrN4O. The van der Waals surface area contributed by atoms with Gasteiger partial charge in [0.15, 0.2) is 0 Å². The number of piperazine rings is 1. The molecule has 1 aliphatic rings. The lowest BCUT2D eigenvalue weighted by Gasteiger charge is -2.35. The number of nitrogens with zero attached hydrogens (tertiary/aromatic N) is 4. The highest BCUT2D eigenvalue weighted by Crippen LogP contribution is 2.21. The number of hydrogen-bond acceptors (Lipinski definition) is 4. The van der Waals surface area contributed by atoms with E-state index in [1.165, 1.54) is 0 Å². The second-order valence-corrected chi connectivity index (χ2v) is 5.87. The van der Waals surface area contributed by atoms with Crippen LogP contribution in [-0.2, 0) is 4.79 Å². The first-order valence-electron chi connectivity index (χ1n) is 6.52. The van der Waals surface area contributed by atoms with Crippen LogP contribution in [0.25, 0.3) is 0 Å². The number of hydrogen-bond donors (Lipinski definition) is 0. The molecule has 1 aromatic heterocycles. The highest BCUT2D eigenvalue weighted by Gasteiger charge is 2.20. The van der Waals surface area contributed by atoms with Crippen molar-refractivity contribution in [1.82, 2.24) is 14.9 Å². The van der Waals surface area contributed by atoms with E-state index in [-0.39, 0.29) is 5.91 Å². The normalized spacial score (nSPS) is 16.1. The highest BCUT2D eigenvalue weighted by atomic mass is 79.9. The van der Waals surface area contributed by atoms with Crippen LogP contribution in [0.2, 0.25) is 0 Å². The molecule has 0 unspecified atom stereocenters. The molecule has 1 fully saturated rings. The summed E-state index contributed by atoms with van der Waals surface area (Å²) in [5, 5.41) is 0. The molecule has 0 aliphatic carbocycles. The van der Waals surface area contributed by atoms with E-state index in [1.54, 1.807) is 6.92 Å². The van der Waals surface area contributed by atoms with E-state index in [1.807, 2.05) is 11.0 Å². The topological polar surface area (TPSA) is 49.3 Å². The Morgan fingerprint density at radius 2 is 1.89 bits per heavy atom. The molecule has 5 nitrogen and oxygen atoms in total. The molecule has 0 N–H and O–H groups in total. The molecule has 2 heterocycles. The molecule has 0 aromatic carbocycles. The van der Waals surface area contributed by atoms with Gasteiger partial charge in [-0.15, -0.1) is 0 Å². The Bertz CT molecular complexity index is 470. The second kappa shape index (κ2) is 5.86. The molecule has 0 atom stereocenters. The van der Waals surface area contributed by atoms with Crippen LogP contribution in [0.5, 0.6) is 0 Å². The van der Waals surface area contributed by atoms with Crippen LogP contribution in [-0.4, -0.2) is 47.0 Å². The van der Waals surface area contributed by atoms with Gasteiger partial charge in [0.2, 0.25) is 5.91 Å². The van der Waals surface area contributed by atoms with Crippen LogP contribution in [0, 0.1) is 0 Å². The summed E-state index contributed by atoms with van der Waals surface area (Å²) >= 11 is 3.44. The van der Waals surface area contributed by atoms with Crippen molar-refractivity contribution in [3.8, 4) is 0 Å². The van der Waals surface area contributed by atoms with Crippen LogP contribution in [0.1, 0.15) is 32.5 Å². The number of halogens is 1. The summed E-state index contributed by atoms with van der Waals surface area (Å²) in [7, 11) is 0. The third-order valence-electron chi connectivity index (χ3n) is 3.26. The van der Waals surface area contributed by atoms with Crippen molar-refractivity contribution in [2.24, 2.45) is 0 Å². The fourth-order valence-electron chi connectivity index (χ4n) is 2.09. The molecule has 1 amide bonds. The summed E-state index contributed by atoms with van der Waals surface area (Å²) in [6.45, 7) is 8.94. The van der Waals surface area contributed by atoms with Gasteiger partial charge in [0.05, 0.1) is 0 Å². The Labute approximate surface area is 122 Å². The molecule has 1 aliphatic heterocycles. The lowest BCUT2D eigenvalue weighted by molar-refractivity contribution is -0.129. The molecule has 104 valence electrons. The summed E-state index contributed by atoms with van der Waals surface area (Å²) < 4.78 is 0.815. The van der Waals surface area contributed by atoms with E-state index < -0.39 is 0 Å². The van der Waals surface area contributed by atoms with E-state index in [2.05, 4.69) is 44.6 Å². The maximum absolute atomic E-state index is 11.3. The molecule has 0 spiro atoms. The van der Waals surface area contributed by atoms with Gasteiger partial charge in [0, 0.05) is 45.1 Å². The number of rotatable bonds is 2.